The van der Waals surface area contributed by atoms with Crippen LogP contribution in [0.15, 0.2) is 23.2 Å². The minimum atomic E-state index is 0.410. The van der Waals surface area contributed by atoms with Gasteiger partial charge in [0.15, 0.2) is 0 Å². The van der Waals surface area contributed by atoms with Crippen molar-refractivity contribution in [2.45, 2.75) is 0 Å². The Kier molecular flexibility index (Phi) is 3.49. The molecule has 1 aromatic rings. The van der Waals surface area contributed by atoms with Gasteiger partial charge in [0.1, 0.15) is 6.07 Å². The van der Waals surface area contributed by atoms with Crippen molar-refractivity contribution in [2.75, 3.05) is 14.1 Å². The third kappa shape index (κ3) is 2.48. The molecule has 14 heavy (non-hydrogen) atoms. The van der Waals surface area contributed by atoms with Gasteiger partial charge in [-0.1, -0.05) is 17.7 Å². The second kappa shape index (κ2) is 4.64. The van der Waals surface area contributed by atoms with Gasteiger partial charge in [-0.2, -0.15) is 5.26 Å². The molecule has 0 atom stereocenters. The first-order chi connectivity index (χ1) is 6.65. The summed E-state index contributed by atoms with van der Waals surface area (Å²) in [6.45, 7) is 0. The zero-order valence-corrected chi connectivity index (χ0v) is 8.78. The molecule has 1 aromatic carbocycles. The Morgan fingerprint density at radius 3 is 2.79 bits per heavy atom. The topological polar surface area (TPSA) is 39.4 Å². The highest BCUT2D eigenvalue weighted by Gasteiger charge is 2.03. The predicted octanol–water partition coefficient (Wildman–Crippen LogP) is 2.43. The third-order valence-electron chi connectivity index (χ3n) is 1.53. The van der Waals surface area contributed by atoms with Crippen LogP contribution in [0.3, 0.4) is 0 Å². The van der Waals surface area contributed by atoms with E-state index < -0.39 is 0 Å². The first-order valence-corrected chi connectivity index (χ1v) is 4.42. The van der Waals surface area contributed by atoms with E-state index in [0.29, 0.717) is 16.3 Å². The monoisotopic (exact) mass is 207 g/mol. The van der Waals surface area contributed by atoms with Crippen LogP contribution in [0, 0.1) is 11.3 Å². The lowest BCUT2D eigenvalue weighted by molar-refractivity contribution is 0.643. The second-order valence-electron chi connectivity index (χ2n) is 2.95. The highest BCUT2D eigenvalue weighted by Crippen LogP contribution is 2.25. The van der Waals surface area contributed by atoms with Crippen molar-refractivity contribution in [1.29, 1.82) is 5.26 Å². The van der Waals surface area contributed by atoms with Crippen molar-refractivity contribution in [1.82, 2.24) is 4.90 Å². The fraction of sp³-hybridized carbons (Fsp3) is 0.200. The molecule has 72 valence electrons. The van der Waals surface area contributed by atoms with Crippen LogP contribution in [0.4, 0.5) is 5.69 Å². The lowest BCUT2D eigenvalue weighted by Gasteiger charge is -2.03. The Morgan fingerprint density at radius 2 is 2.21 bits per heavy atom. The Bertz CT molecular complexity index is 391. The van der Waals surface area contributed by atoms with Crippen LogP contribution in [-0.4, -0.2) is 25.3 Å². The number of nitriles is 1. The van der Waals surface area contributed by atoms with Gasteiger partial charge in [0.05, 0.1) is 22.6 Å². The third-order valence-corrected chi connectivity index (χ3v) is 1.85. The average Bonchev–Trinajstić information content (AvgIpc) is 2.14. The summed E-state index contributed by atoms with van der Waals surface area (Å²) in [5, 5.41) is 9.27. The molecule has 0 amide bonds. The summed E-state index contributed by atoms with van der Waals surface area (Å²) in [4.78, 5) is 5.93. The van der Waals surface area contributed by atoms with Gasteiger partial charge in [-0.25, -0.2) is 4.99 Å². The van der Waals surface area contributed by atoms with Crippen molar-refractivity contribution in [3.63, 3.8) is 0 Å². The number of benzene rings is 1. The quantitative estimate of drug-likeness (QED) is 0.552. The van der Waals surface area contributed by atoms with E-state index in [2.05, 4.69) is 4.99 Å². The minimum absolute atomic E-state index is 0.410. The number of hydrogen-bond donors (Lipinski definition) is 0. The Labute approximate surface area is 88.2 Å². The smallest absolute Gasteiger partial charge is 0.103 e. The van der Waals surface area contributed by atoms with E-state index in [0.717, 1.165) is 0 Å². The van der Waals surface area contributed by atoms with E-state index in [1.807, 2.05) is 20.2 Å². The molecule has 0 N–H and O–H groups in total. The second-order valence-corrected chi connectivity index (χ2v) is 3.36. The van der Waals surface area contributed by atoms with Crippen LogP contribution in [0.5, 0.6) is 0 Å². The maximum absolute atomic E-state index is 8.84. The molecule has 0 aliphatic heterocycles. The fourth-order valence-electron chi connectivity index (χ4n) is 0.909. The SMILES string of the molecule is CN(C)C=Nc1cccc(Cl)c1C#N. The van der Waals surface area contributed by atoms with E-state index >= 15 is 0 Å². The van der Waals surface area contributed by atoms with Gasteiger partial charge in [0.25, 0.3) is 0 Å². The Hall–Kier alpha value is -1.53. The van der Waals surface area contributed by atoms with Gasteiger partial charge in [-0.15, -0.1) is 0 Å². The van der Waals surface area contributed by atoms with E-state index in [1.54, 1.807) is 29.4 Å². The summed E-state index contributed by atoms with van der Waals surface area (Å²) in [5.74, 6) is 0. The number of nitrogens with zero attached hydrogens (tertiary/aromatic N) is 3. The van der Waals surface area contributed by atoms with Crippen LogP contribution < -0.4 is 0 Å². The molecular formula is C10H10ClN3. The molecule has 1 rings (SSSR count). The van der Waals surface area contributed by atoms with E-state index in [-0.39, 0.29) is 0 Å². The molecule has 0 radical (unpaired) electrons. The molecule has 0 saturated heterocycles. The lowest BCUT2D eigenvalue weighted by atomic mass is 10.2. The summed E-state index contributed by atoms with van der Waals surface area (Å²) in [5.41, 5.74) is 1.00. The van der Waals surface area contributed by atoms with E-state index in [1.165, 1.54) is 0 Å². The highest BCUT2D eigenvalue weighted by molar-refractivity contribution is 6.32. The van der Waals surface area contributed by atoms with Crippen LogP contribution >= 0.6 is 11.6 Å². The standard InChI is InChI=1S/C10H10ClN3/c1-14(2)7-13-10-5-3-4-9(11)8(10)6-12/h3-5,7H,1-2H3. The average molecular weight is 208 g/mol. The summed E-state index contributed by atoms with van der Waals surface area (Å²) in [7, 11) is 3.72. The molecule has 4 heteroatoms. The van der Waals surface area contributed by atoms with Crippen molar-refractivity contribution in [2.24, 2.45) is 4.99 Å². The van der Waals surface area contributed by atoms with Crippen molar-refractivity contribution < 1.29 is 0 Å². The van der Waals surface area contributed by atoms with Crippen LogP contribution in [0.2, 0.25) is 5.02 Å². The van der Waals surface area contributed by atoms with Gasteiger partial charge in [-0.05, 0) is 12.1 Å². The molecule has 0 aromatic heterocycles. The zero-order valence-electron chi connectivity index (χ0n) is 8.03. The maximum Gasteiger partial charge on any atom is 0.103 e. The molecule has 3 nitrogen and oxygen atoms in total. The van der Waals surface area contributed by atoms with Gasteiger partial charge in [0.2, 0.25) is 0 Å². The normalized spacial score (nSPS) is 10.1. The maximum atomic E-state index is 8.84. The summed E-state index contributed by atoms with van der Waals surface area (Å²) >= 11 is 5.83. The first kappa shape index (κ1) is 10.6. The Balaban J connectivity index is 3.10. The van der Waals surface area contributed by atoms with Gasteiger partial charge in [0, 0.05) is 14.1 Å². The van der Waals surface area contributed by atoms with Crippen molar-refractivity contribution in [3.05, 3.63) is 28.8 Å². The molecule has 0 bridgehead atoms. The first-order valence-electron chi connectivity index (χ1n) is 4.04. The summed E-state index contributed by atoms with van der Waals surface area (Å²) < 4.78 is 0. The molecule has 0 aliphatic rings. The van der Waals surface area contributed by atoms with Crippen LogP contribution in [0.25, 0.3) is 0 Å². The van der Waals surface area contributed by atoms with E-state index in [4.69, 9.17) is 16.9 Å². The number of halogens is 1. The highest BCUT2D eigenvalue weighted by atomic mass is 35.5. The largest absolute Gasteiger partial charge is 0.369 e. The minimum Gasteiger partial charge on any atom is -0.369 e. The van der Waals surface area contributed by atoms with Crippen LogP contribution in [-0.2, 0) is 0 Å². The van der Waals surface area contributed by atoms with Crippen molar-refractivity contribution in [3.8, 4) is 6.07 Å². The number of rotatable bonds is 2. The summed E-state index contributed by atoms with van der Waals surface area (Å²) in [6.07, 6.45) is 1.63. The Morgan fingerprint density at radius 1 is 1.50 bits per heavy atom. The molecule has 0 aliphatic carbocycles. The lowest BCUT2D eigenvalue weighted by Crippen LogP contribution is -2.07. The number of hydrogen-bond acceptors (Lipinski definition) is 2. The van der Waals surface area contributed by atoms with Gasteiger partial charge in [-0.3, -0.25) is 0 Å². The fourth-order valence-corrected chi connectivity index (χ4v) is 1.12. The molecule has 0 heterocycles. The van der Waals surface area contributed by atoms with E-state index in [9.17, 15) is 0 Å². The molecule has 0 fully saturated rings. The molecule has 0 unspecified atom stereocenters. The predicted molar refractivity (Wildman–Crippen MR) is 58.0 cm³/mol. The molecule has 0 saturated carbocycles. The van der Waals surface area contributed by atoms with Gasteiger partial charge < -0.3 is 4.90 Å². The van der Waals surface area contributed by atoms with Crippen LogP contribution in [0.1, 0.15) is 5.56 Å². The number of aliphatic imine (C=N–C) groups is 1. The summed E-state index contributed by atoms with van der Waals surface area (Å²) in [6, 6.07) is 7.22. The zero-order chi connectivity index (χ0) is 10.6. The van der Waals surface area contributed by atoms with Gasteiger partial charge >= 0.3 is 0 Å². The molecule has 0 spiro atoms. The molecular weight excluding hydrogens is 198 g/mol. The van der Waals surface area contributed by atoms with Crippen molar-refractivity contribution >= 4 is 23.6 Å².